The maximum atomic E-state index is 6.24. The van der Waals surface area contributed by atoms with Gasteiger partial charge < -0.3 is 10.5 Å². The zero-order valence-corrected chi connectivity index (χ0v) is 13.2. The van der Waals surface area contributed by atoms with Gasteiger partial charge in [0.1, 0.15) is 0 Å². The second kappa shape index (κ2) is 6.28. The van der Waals surface area contributed by atoms with Crippen molar-refractivity contribution in [1.29, 1.82) is 0 Å². The second-order valence-electron chi connectivity index (χ2n) is 7.30. The molecule has 1 aliphatic carbocycles. The van der Waals surface area contributed by atoms with Crippen molar-refractivity contribution in [3.05, 3.63) is 35.9 Å². The van der Waals surface area contributed by atoms with Crippen molar-refractivity contribution >= 4 is 0 Å². The average Bonchev–Trinajstić information content (AvgIpc) is 2.46. The van der Waals surface area contributed by atoms with E-state index in [0.717, 1.165) is 18.8 Å². The van der Waals surface area contributed by atoms with Crippen LogP contribution in [0.5, 0.6) is 0 Å². The Bertz CT molecular complexity index is 399. The van der Waals surface area contributed by atoms with Crippen LogP contribution in [0.15, 0.2) is 30.3 Å². The van der Waals surface area contributed by atoms with Gasteiger partial charge in [0, 0.05) is 6.54 Å². The average molecular weight is 275 g/mol. The smallest absolute Gasteiger partial charge is 0.0808 e. The molecule has 1 saturated carbocycles. The molecule has 2 N–H and O–H groups in total. The van der Waals surface area contributed by atoms with E-state index < -0.39 is 0 Å². The topological polar surface area (TPSA) is 35.2 Å². The minimum atomic E-state index is -0.0996. The standard InChI is InChI=1S/C18H29NO/c1-17(2,3)16-9-11-18(14-19,12-10-16)20-13-15-7-5-4-6-8-15/h4-8,16H,9-14,19H2,1-3H3. The fraction of sp³-hybridized carbons (Fsp3) is 0.667. The summed E-state index contributed by atoms with van der Waals surface area (Å²) in [5.74, 6) is 0.794. The zero-order chi connectivity index (χ0) is 14.6. The molecule has 0 radical (unpaired) electrons. The molecule has 0 unspecified atom stereocenters. The van der Waals surface area contributed by atoms with Gasteiger partial charge >= 0.3 is 0 Å². The lowest BCUT2D eigenvalue weighted by Crippen LogP contribution is -2.45. The molecule has 0 bridgehead atoms. The zero-order valence-electron chi connectivity index (χ0n) is 13.2. The van der Waals surface area contributed by atoms with Gasteiger partial charge in [0.2, 0.25) is 0 Å². The van der Waals surface area contributed by atoms with E-state index in [4.69, 9.17) is 10.5 Å². The van der Waals surface area contributed by atoms with Crippen LogP contribution in [-0.2, 0) is 11.3 Å². The monoisotopic (exact) mass is 275 g/mol. The molecule has 1 aromatic carbocycles. The molecule has 0 saturated heterocycles. The fourth-order valence-electron chi connectivity index (χ4n) is 3.23. The molecule has 1 aliphatic rings. The van der Waals surface area contributed by atoms with Crippen LogP contribution < -0.4 is 5.73 Å². The molecule has 112 valence electrons. The lowest BCUT2D eigenvalue weighted by molar-refractivity contribution is -0.0888. The minimum Gasteiger partial charge on any atom is -0.369 e. The SMILES string of the molecule is CC(C)(C)C1CCC(CN)(OCc2ccccc2)CC1. The maximum Gasteiger partial charge on any atom is 0.0808 e. The van der Waals surface area contributed by atoms with Gasteiger partial charge in [-0.25, -0.2) is 0 Å². The van der Waals surface area contributed by atoms with E-state index in [9.17, 15) is 0 Å². The molecule has 1 aromatic rings. The normalized spacial score (nSPS) is 27.5. The maximum absolute atomic E-state index is 6.24. The summed E-state index contributed by atoms with van der Waals surface area (Å²) >= 11 is 0. The number of hydrogen-bond acceptors (Lipinski definition) is 2. The summed E-state index contributed by atoms with van der Waals surface area (Å²) in [5, 5.41) is 0. The van der Waals surface area contributed by atoms with E-state index in [-0.39, 0.29) is 5.60 Å². The largest absolute Gasteiger partial charge is 0.369 e. The van der Waals surface area contributed by atoms with Crippen LogP contribution in [0, 0.1) is 11.3 Å². The van der Waals surface area contributed by atoms with Crippen molar-refractivity contribution in [2.45, 2.75) is 58.7 Å². The van der Waals surface area contributed by atoms with E-state index in [1.54, 1.807) is 0 Å². The lowest BCUT2D eigenvalue weighted by atomic mass is 9.68. The predicted octanol–water partition coefficient (Wildman–Crippen LogP) is 4.14. The molecule has 1 fully saturated rings. The third-order valence-corrected chi connectivity index (χ3v) is 4.88. The van der Waals surface area contributed by atoms with E-state index in [1.165, 1.54) is 18.4 Å². The Hall–Kier alpha value is -0.860. The third kappa shape index (κ3) is 3.83. The quantitative estimate of drug-likeness (QED) is 0.896. The van der Waals surface area contributed by atoms with Gasteiger partial charge in [-0.15, -0.1) is 0 Å². The molecular formula is C18H29NO. The van der Waals surface area contributed by atoms with Gasteiger partial charge in [0.25, 0.3) is 0 Å². The Kier molecular flexibility index (Phi) is 4.87. The van der Waals surface area contributed by atoms with Gasteiger partial charge in [-0.3, -0.25) is 0 Å². The van der Waals surface area contributed by atoms with Crippen LogP contribution in [0.25, 0.3) is 0 Å². The summed E-state index contributed by atoms with van der Waals surface area (Å²) in [6.45, 7) is 8.35. The molecule has 0 heterocycles. The molecule has 0 atom stereocenters. The van der Waals surface area contributed by atoms with Crippen molar-refractivity contribution in [3.63, 3.8) is 0 Å². The molecule has 2 heteroatoms. The summed E-state index contributed by atoms with van der Waals surface area (Å²) < 4.78 is 6.24. The van der Waals surface area contributed by atoms with Crippen LogP contribution in [0.2, 0.25) is 0 Å². The molecule has 0 amide bonds. The van der Waals surface area contributed by atoms with Gasteiger partial charge in [-0.1, -0.05) is 51.1 Å². The summed E-state index contributed by atoms with van der Waals surface area (Å²) in [6.07, 6.45) is 4.65. The van der Waals surface area contributed by atoms with Gasteiger partial charge in [0.15, 0.2) is 0 Å². The highest BCUT2D eigenvalue weighted by atomic mass is 16.5. The summed E-state index contributed by atoms with van der Waals surface area (Å²) in [5.41, 5.74) is 7.57. The van der Waals surface area contributed by atoms with Gasteiger partial charge in [-0.2, -0.15) is 0 Å². The van der Waals surface area contributed by atoms with Crippen LogP contribution in [0.3, 0.4) is 0 Å². The first-order chi connectivity index (χ1) is 9.45. The van der Waals surface area contributed by atoms with E-state index in [2.05, 4.69) is 45.0 Å². The second-order valence-corrected chi connectivity index (χ2v) is 7.30. The van der Waals surface area contributed by atoms with Gasteiger partial charge in [0.05, 0.1) is 12.2 Å². The van der Waals surface area contributed by atoms with Crippen LogP contribution in [0.1, 0.15) is 52.0 Å². The molecule has 0 aromatic heterocycles. The first-order valence-corrected chi connectivity index (χ1v) is 7.83. The predicted molar refractivity (Wildman–Crippen MR) is 84.4 cm³/mol. The summed E-state index contributed by atoms with van der Waals surface area (Å²) in [4.78, 5) is 0. The van der Waals surface area contributed by atoms with Crippen molar-refractivity contribution in [2.75, 3.05) is 6.54 Å². The van der Waals surface area contributed by atoms with E-state index in [0.29, 0.717) is 18.6 Å². The lowest BCUT2D eigenvalue weighted by Gasteiger charge is -2.43. The third-order valence-electron chi connectivity index (χ3n) is 4.88. The fourth-order valence-corrected chi connectivity index (χ4v) is 3.23. The number of rotatable bonds is 4. The number of ether oxygens (including phenoxy) is 1. The number of hydrogen-bond donors (Lipinski definition) is 1. The molecular weight excluding hydrogens is 246 g/mol. The Morgan fingerprint density at radius 3 is 2.25 bits per heavy atom. The highest BCUT2D eigenvalue weighted by molar-refractivity contribution is 5.13. The summed E-state index contributed by atoms with van der Waals surface area (Å²) in [7, 11) is 0. The molecule has 0 spiro atoms. The first kappa shape index (κ1) is 15.5. The van der Waals surface area contributed by atoms with E-state index in [1.807, 2.05) is 6.07 Å². The van der Waals surface area contributed by atoms with Crippen molar-refractivity contribution in [2.24, 2.45) is 17.1 Å². The molecule has 2 nitrogen and oxygen atoms in total. The number of nitrogens with two attached hydrogens (primary N) is 1. The highest BCUT2D eigenvalue weighted by Crippen LogP contribution is 2.42. The van der Waals surface area contributed by atoms with Gasteiger partial charge in [-0.05, 0) is 42.6 Å². The molecule has 20 heavy (non-hydrogen) atoms. The number of benzene rings is 1. The van der Waals surface area contributed by atoms with Crippen LogP contribution in [-0.4, -0.2) is 12.1 Å². The van der Waals surface area contributed by atoms with Crippen LogP contribution >= 0.6 is 0 Å². The highest BCUT2D eigenvalue weighted by Gasteiger charge is 2.38. The Morgan fingerprint density at radius 1 is 1.15 bits per heavy atom. The minimum absolute atomic E-state index is 0.0996. The van der Waals surface area contributed by atoms with Crippen molar-refractivity contribution in [1.82, 2.24) is 0 Å². The molecule has 2 rings (SSSR count). The Balaban J connectivity index is 1.92. The Labute approximate surface area is 123 Å². The molecule has 0 aliphatic heterocycles. The van der Waals surface area contributed by atoms with Crippen molar-refractivity contribution in [3.8, 4) is 0 Å². The Morgan fingerprint density at radius 2 is 1.75 bits per heavy atom. The van der Waals surface area contributed by atoms with E-state index >= 15 is 0 Å². The van der Waals surface area contributed by atoms with Crippen molar-refractivity contribution < 1.29 is 4.74 Å². The summed E-state index contributed by atoms with van der Waals surface area (Å²) in [6, 6.07) is 10.4. The first-order valence-electron chi connectivity index (χ1n) is 7.83. The van der Waals surface area contributed by atoms with Crippen LogP contribution in [0.4, 0.5) is 0 Å².